The molecule has 0 saturated carbocycles. The molecule has 0 fully saturated rings. The number of benzene rings is 1. The van der Waals surface area contributed by atoms with Gasteiger partial charge in [0, 0.05) is 0 Å². The molecule has 116 valence electrons. The number of carbonyl (C=O) groups is 2. The van der Waals surface area contributed by atoms with Crippen molar-refractivity contribution in [3.63, 3.8) is 0 Å². The number of carbonyl (C=O) groups excluding carboxylic acids is 1. The van der Waals surface area contributed by atoms with E-state index in [1.807, 2.05) is 20.8 Å². The standard InChI is InChI=1S/C15H22N2O4/c1-4-21-13-8-6-5-7-11(13)16-15(20)17-12(14(18)19)9-10(2)3/h5-8,10,12H,4,9H2,1-3H3,(H,18,19)(H2,16,17,20)/t12-/m1/s1. The van der Waals surface area contributed by atoms with Crippen LogP contribution in [0.1, 0.15) is 27.2 Å². The molecule has 0 aliphatic rings. The van der Waals surface area contributed by atoms with Gasteiger partial charge < -0.3 is 20.5 Å². The van der Waals surface area contributed by atoms with Gasteiger partial charge in [0.05, 0.1) is 12.3 Å². The van der Waals surface area contributed by atoms with E-state index in [0.29, 0.717) is 24.5 Å². The summed E-state index contributed by atoms with van der Waals surface area (Å²) in [5.41, 5.74) is 0.505. The number of aliphatic carboxylic acids is 1. The van der Waals surface area contributed by atoms with Crippen LogP contribution in [0.4, 0.5) is 10.5 Å². The van der Waals surface area contributed by atoms with Crippen LogP contribution in [0, 0.1) is 5.92 Å². The lowest BCUT2D eigenvalue weighted by Gasteiger charge is -2.17. The lowest BCUT2D eigenvalue weighted by molar-refractivity contribution is -0.139. The lowest BCUT2D eigenvalue weighted by atomic mass is 10.0. The number of nitrogens with one attached hydrogen (secondary N) is 2. The van der Waals surface area contributed by atoms with Gasteiger partial charge in [0.25, 0.3) is 0 Å². The maximum Gasteiger partial charge on any atom is 0.326 e. The lowest BCUT2D eigenvalue weighted by Crippen LogP contribution is -2.43. The Morgan fingerprint density at radius 3 is 2.52 bits per heavy atom. The molecule has 0 aromatic heterocycles. The number of para-hydroxylation sites is 2. The number of rotatable bonds is 7. The van der Waals surface area contributed by atoms with Gasteiger partial charge >= 0.3 is 12.0 Å². The molecule has 1 atom stereocenters. The van der Waals surface area contributed by atoms with Gasteiger partial charge in [0.2, 0.25) is 0 Å². The van der Waals surface area contributed by atoms with Crippen LogP contribution >= 0.6 is 0 Å². The smallest absolute Gasteiger partial charge is 0.326 e. The molecule has 3 N–H and O–H groups in total. The Kier molecular flexibility index (Phi) is 6.52. The predicted octanol–water partition coefficient (Wildman–Crippen LogP) is 2.71. The van der Waals surface area contributed by atoms with Crippen LogP contribution in [0.15, 0.2) is 24.3 Å². The zero-order chi connectivity index (χ0) is 15.8. The quantitative estimate of drug-likeness (QED) is 0.721. The number of hydrogen-bond acceptors (Lipinski definition) is 3. The van der Waals surface area contributed by atoms with E-state index in [1.54, 1.807) is 24.3 Å². The number of carboxylic acid groups (broad SMARTS) is 1. The average molecular weight is 294 g/mol. The van der Waals surface area contributed by atoms with Crippen LogP contribution in [-0.4, -0.2) is 29.8 Å². The third-order valence-corrected chi connectivity index (χ3v) is 2.75. The number of urea groups is 1. The summed E-state index contributed by atoms with van der Waals surface area (Å²) in [5, 5.41) is 14.2. The summed E-state index contributed by atoms with van der Waals surface area (Å²) in [5.74, 6) is -0.329. The van der Waals surface area contributed by atoms with Gasteiger partial charge in [-0.3, -0.25) is 0 Å². The largest absolute Gasteiger partial charge is 0.492 e. The number of hydrogen-bond donors (Lipinski definition) is 3. The summed E-state index contributed by atoms with van der Waals surface area (Å²) >= 11 is 0. The molecule has 0 unspecified atom stereocenters. The number of anilines is 1. The fraction of sp³-hybridized carbons (Fsp3) is 0.467. The second kappa shape index (κ2) is 8.14. The molecule has 0 saturated heterocycles. The van der Waals surface area contributed by atoms with E-state index in [-0.39, 0.29) is 5.92 Å². The van der Waals surface area contributed by atoms with Gasteiger partial charge in [-0.2, -0.15) is 0 Å². The molecule has 0 bridgehead atoms. The van der Waals surface area contributed by atoms with Crippen molar-refractivity contribution in [3.05, 3.63) is 24.3 Å². The molecule has 0 aliphatic carbocycles. The first kappa shape index (κ1) is 16.8. The van der Waals surface area contributed by atoms with Gasteiger partial charge in [0.15, 0.2) is 0 Å². The first-order valence-electron chi connectivity index (χ1n) is 6.96. The molecule has 21 heavy (non-hydrogen) atoms. The number of ether oxygens (including phenoxy) is 1. The molecule has 2 amide bonds. The molecule has 6 heteroatoms. The van der Waals surface area contributed by atoms with E-state index < -0.39 is 18.0 Å². The van der Waals surface area contributed by atoms with Gasteiger partial charge in [-0.25, -0.2) is 9.59 Å². The van der Waals surface area contributed by atoms with Crippen LogP contribution in [0.3, 0.4) is 0 Å². The summed E-state index contributed by atoms with van der Waals surface area (Å²) in [6.45, 7) is 6.13. The van der Waals surface area contributed by atoms with Crippen molar-refractivity contribution in [2.45, 2.75) is 33.2 Å². The third-order valence-electron chi connectivity index (χ3n) is 2.75. The van der Waals surface area contributed by atoms with Crippen LogP contribution in [0.5, 0.6) is 5.75 Å². The van der Waals surface area contributed by atoms with Crippen molar-refractivity contribution in [1.29, 1.82) is 0 Å². The maximum atomic E-state index is 11.9. The van der Waals surface area contributed by atoms with Gasteiger partial charge in [0.1, 0.15) is 11.8 Å². The molecule has 0 radical (unpaired) electrons. The fourth-order valence-electron chi connectivity index (χ4n) is 1.86. The molecule has 1 aromatic carbocycles. The van der Waals surface area contributed by atoms with E-state index in [4.69, 9.17) is 9.84 Å². The molecule has 0 heterocycles. The number of carboxylic acids is 1. The van der Waals surface area contributed by atoms with Crippen molar-refractivity contribution in [3.8, 4) is 5.75 Å². The Balaban J connectivity index is 2.70. The molecule has 0 spiro atoms. The number of amides is 2. The van der Waals surface area contributed by atoms with Crippen LogP contribution in [0.25, 0.3) is 0 Å². The van der Waals surface area contributed by atoms with Crippen LogP contribution in [0.2, 0.25) is 0 Å². The van der Waals surface area contributed by atoms with Crippen molar-refractivity contribution >= 4 is 17.7 Å². The minimum atomic E-state index is -1.04. The Labute approximate surface area is 124 Å². The van der Waals surface area contributed by atoms with E-state index in [1.165, 1.54) is 0 Å². The third kappa shape index (κ3) is 5.72. The van der Waals surface area contributed by atoms with Crippen molar-refractivity contribution < 1.29 is 19.4 Å². The SMILES string of the molecule is CCOc1ccccc1NC(=O)N[C@H](CC(C)C)C(=O)O. The molecule has 1 rings (SSSR count). The van der Waals surface area contributed by atoms with E-state index in [9.17, 15) is 9.59 Å². The van der Waals surface area contributed by atoms with E-state index in [0.717, 1.165) is 0 Å². The minimum absolute atomic E-state index is 0.169. The Morgan fingerprint density at radius 2 is 1.95 bits per heavy atom. The summed E-state index contributed by atoms with van der Waals surface area (Å²) in [6, 6.07) is 5.53. The monoisotopic (exact) mass is 294 g/mol. The van der Waals surface area contributed by atoms with Crippen LogP contribution in [-0.2, 0) is 4.79 Å². The maximum absolute atomic E-state index is 11.9. The van der Waals surface area contributed by atoms with Crippen LogP contribution < -0.4 is 15.4 Å². The zero-order valence-electron chi connectivity index (χ0n) is 12.6. The van der Waals surface area contributed by atoms with Gasteiger partial charge in [-0.15, -0.1) is 0 Å². The Morgan fingerprint density at radius 1 is 1.29 bits per heavy atom. The normalized spacial score (nSPS) is 11.8. The first-order valence-corrected chi connectivity index (χ1v) is 6.96. The second-order valence-electron chi connectivity index (χ2n) is 5.05. The highest BCUT2D eigenvalue weighted by molar-refractivity contribution is 5.93. The highest BCUT2D eigenvalue weighted by atomic mass is 16.5. The molecular formula is C15H22N2O4. The van der Waals surface area contributed by atoms with Gasteiger partial charge in [-0.1, -0.05) is 26.0 Å². The fourth-order valence-corrected chi connectivity index (χ4v) is 1.86. The molecule has 0 aliphatic heterocycles. The molecule has 1 aromatic rings. The van der Waals surface area contributed by atoms with E-state index in [2.05, 4.69) is 10.6 Å². The Hall–Kier alpha value is -2.24. The highest BCUT2D eigenvalue weighted by Crippen LogP contribution is 2.23. The second-order valence-corrected chi connectivity index (χ2v) is 5.05. The van der Waals surface area contributed by atoms with Crippen molar-refractivity contribution in [1.82, 2.24) is 5.32 Å². The van der Waals surface area contributed by atoms with Crippen molar-refractivity contribution in [2.24, 2.45) is 5.92 Å². The summed E-state index contributed by atoms with van der Waals surface area (Å²) < 4.78 is 5.40. The summed E-state index contributed by atoms with van der Waals surface area (Å²) in [6.07, 6.45) is 0.371. The average Bonchev–Trinajstić information content (AvgIpc) is 2.40. The van der Waals surface area contributed by atoms with Crippen molar-refractivity contribution in [2.75, 3.05) is 11.9 Å². The first-order chi connectivity index (χ1) is 9.93. The molecule has 6 nitrogen and oxygen atoms in total. The topological polar surface area (TPSA) is 87.7 Å². The zero-order valence-corrected chi connectivity index (χ0v) is 12.6. The summed E-state index contributed by atoms with van der Waals surface area (Å²) in [4.78, 5) is 23.0. The van der Waals surface area contributed by atoms with Gasteiger partial charge in [-0.05, 0) is 31.4 Å². The molecular weight excluding hydrogens is 272 g/mol. The minimum Gasteiger partial charge on any atom is -0.492 e. The Bertz CT molecular complexity index is 488. The summed E-state index contributed by atoms with van der Waals surface area (Å²) in [7, 11) is 0. The predicted molar refractivity (Wildman–Crippen MR) is 80.6 cm³/mol. The highest BCUT2D eigenvalue weighted by Gasteiger charge is 2.21. The van der Waals surface area contributed by atoms with E-state index >= 15 is 0 Å².